The number of rotatable bonds is 12. The number of amides is 3. The second kappa shape index (κ2) is 12.3. The third-order valence-corrected chi connectivity index (χ3v) is 4.62. The predicted octanol–water partition coefficient (Wildman–Crippen LogP) is -3.48. The van der Waals surface area contributed by atoms with Crippen LogP contribution in [-0.2, 0) is 24.0 Å². The molecule has 0 aromatic heterocycles. The summed E-state index contributed by atoms with van der Waals surface area (Å²) < 4.78 is 0. The number of aliphatic imine (C=N–C) groups is 1. The Hall–Kier alpha value is -3.42. The van der Waals surface area contributed by atoms with Gasteiger partial charge in [0.1, 0.15) is 18.1 Å². The van der Waals surface area contributed by atoms with Gasteiger partial charge in [0.25, 0.3) is 0 Å². The van der Waals surface area contributed by atoms with Crippen LogP contribution in [0.25, 0.3) is 0 Å². The summed E-state index contributed by atoms with van der Waals surface area (Å²) in [6, 6.07) is -3.67. The van der Waals surface area contributed by atoms with Gasteiger partial charge < -0.3 is 42.9 Å². The van der Waals surface area contributed by atoms with E-state index in [4.69, 9.17) is 27.4 Å². The molecule has 3 amide bonds. The lowest BCUT2D eigenvalue weighted by Crippen LogP contribution is -2.56. The molecule has 1 aliphatic rings. The molecule has 14 heteroatoms. The SMILES string of the molecule is NCC(=O)N1CCCC1C(=O)NC(CCCN=C(N)N)C(=O)NC(CC(=O)O)C(=O)O. The summed E-state index contributed by atoms with van der Waals surface area (Å²) in [5.74, 6) is -4.97. The van der Waals surface area contributed by atoms with E-state index in [0.717, 1.165) is 0 Å². The second-order valence-electron chi connectivity index (χ2n) is 6.96. The summed E-state index contributed by atoms with van der Waals surface area (Å²) in [6.45, 7) is 0.248. The number of guanidine groups is 1. The summed E-state index contributed by atoms with van der Waals surface area (Å²) in [7, 11) is 0. The minimum Gasteiger partial charge on any atom is -0.481 e. The van der Waals surface area contributed by atoms with E-state index in [0.29, 0.717) is 19.4 Å². The van der Waals surface area contributed by atoms with E-state index in [9.17, 15) is 24.0 Å². The molecule has 3 unspecified atom stereocenters. The fraction of sp³-hybridized carbons (Fsp3) is 0.647. The van der Waals surface area contributed by atoms with Crippen molar-refractivity contribution in [2.24, 2.45) is 22.2 Å². The molecule has 0 saturated carbocycles. The van der Waals surface area contributed by atoms with E-state index in [1.54, 1.807) is 0 Å². The normalized spacial score (nSPS) is 17.3. The Morgan fingerprint density at radius 2 is 1.77 bits per heavy atom. The molecule has 3 atom stereocenters. The molecule has 0 radical (unpaired) electrons. The number of hydrogen-bond donors (Lipinski definition) is 7. The third kappa shape index (κ3) is 8.46. The zero-order valence-electron chi connectivity index (χ0n) is 17.0. The molecule has 1 aliphatic heterocycles. The molecule has 10 N–H and O–H groups in total. The van der Waals surface area contributed by atoms with Crippen LogP contribution in [0, 0.1) is 0 Å². The van der Waals surface area contributed by atoms with Crippen LogP contribution in [0.2, 0.25) is 0 Å². The standard InChI is InChI=1S/C17H29N7O7/c18-8-12(25)24-6-2-4-11(24)15(29)22-9(3-1-5-21-17(19)20)14(28)23-10(16(30)31)7-13(26)27/h9-11H,1-8,18H2,(H,22,29)(H,23,28)(H,26,27)(H,30,31)(H4,19,20,21). The lowest BCUT2D eigenvalue weighted by Gasteiger charge is -2.26. The Labute approximate surface area is 178 Å². The van der Waals surface area contributed by atoms with Crippen LogP contribution >= 0.6 is 0 Å². The Bertz CT molecular complexity index is 724. The molecule has 0 aromatic rings. The first-order valence-corrected chi connectivity index (χ1v) is 9.67. The zero-order valence-corrected chi connectivity index (χ0v) is 17.0. The molecule has 0 aromatic carbocycles. The van der Waals surface area contributed by atoms with Crippen molar-refractivity contribution in [3.63, 3.8) is 0 Å². The maximum absolute atomic E-state index is 12.7. The summed E-state index contributed by atoms with van der Waals surface area (Å²) in [5.41, 5.74) is 15.9. The minimum absolute atomic E-state index is 0.0469. The van der Waals surface area contributed by atoms with Crippen LogP contribution in [0.4, 0.5) is 0 Å². The molecule has 174 valence electrons. The van der Waals surface area contributed by atoms with Gasteiger partial charge >= 0.3 is 11.9 Å². The maximum atomic E-state index is 12.7. The summed E-state index contributed by atoms with van der Waals surface area (Å²) >= 11 is 0. The summed E-state index contributed by atoms with van der Waals surface area (Å²) in [5, 5.41) is 22.6. The van der Waals surface area contributed by atoms with Gasteiger partial charge in [0.2, 0.25) is 17.7 Å². The molecule has 1 heterocycles. The third-order valence-electron chi connectivity index (χ3n) is 4.62. The average Bonchev–Trinajstić information content (AvgIpc) is 3.18. The van der Waals surface area contributed by atoms with E-state index in [-0.39, 0.29) is 31.9 Å². The highest BCUT2D eigenvalue weighted by Crippen LogP contribution is 2.17. The summed E-state index contributed by atoms with van der Waals surface area (Å²) in [4.78, 5) is 64.5. The van der Waals surface area contributed by atoms with Crippen LogP contribution in [0.5, 0.6) is 0 Å². The van der Waals surface area contributed by atoms with Crippen molar-refractivity contribution in [1.82, 2.24) is 15.5 Å². The van der Waals surface area contributed by atoms with Crippen molar-refractivity contribution in [3.05, 3.63) is 0 Å². The fourth-order valence-corrected chi connectivity index (χ4v) is 3.14. The molecular formula is C17H29N7O7. The van der Waals surface area contributed by atoms with Gasteiger partial charge in [0.15, 0.2) is 5.96 Å². The number of carbonyl (C=O) groups is 5. The van der Waals surface area contributed by atoms with Gasteiger partial charge in [-0.05, 0) is 25.7 Å². The number of carboxylic acid groups (broad SMARTS) is 2. The van der Waals surface area contributed by atoms with Crippen LogP contribution in [0.3, 0.4) is 0 Å². The monoisotopic (exact) mass is 443 g/mol. The van der Waals surface area contributed by atoms with Gasteiger partial charge in [0.05, 0.1) is 13.0 Å². The quantitative estimate of drug-likeness (QED) is 0.0891. The van der Waals surface area contributed by atoms with Gasteiger partial charge in [-0.25, -0.2) is 4.79 Å². The second-order valence-corrected chi connectivity index (χ2v) is 6.96. The molecule has 1 rings (SSSR count). The number of hydrogen-bond acceptors (Lipinski definition) is 7. The van der Waals surface area contributed by atoms with Crippen molar-refractivity contribution in [1.29, 1.82) is 0 Å². The number of nitrogens with one attached hydrogen (secondary N) is 2. The lowest BCUT2D eigenvalue weighted by atomic mass is 10.1. The van der Waals surface area contributed by atoms with E-state index < -0.39 is 54.2 Å². The van der Waals surface area contributed by atoms with E-state index in [1.807, 2.05) is 0 Å². The fourth-order valence-electron chi connectivity index (χ4n) is 3.14. The van der Waals surface area contributed by atoms with Crippen LogP contribution in [-0.4, -0.2) is 88.5 Å². The number of nitrogens with zero attached hydrogens (tertiary/aromatic N) is 2. The average molecular weight is 443 g/mol. The first-order chi connectivity index (χ1) is 14.6. The number of likely N-dealkylation sites (tertiary alicyclic amines) is 1. The predicted molar refractivity (Wildman–Crippen MR) is 107 cm³/mol. The van der Waals surface area contributed by atoms with Gasteiger partial charge in [-0.1, -0.05) is 0 Å². The molecule has 31 heavy (non-hydrogen) atoms. The molecule has 0 aliphatic carbocycles. The van der Waals surface area contributed by atoms with Gasteiger partial charge in [-0.2, -0.15) is 0 Å². The number of carboxylic acids is 2. The van der Waals surface area contributed by atoms with Gasteiger partial charge in [-0.3, -0.25) is 24.2 Å². The topological polar surface area (TPSA) is 244 Å². The number of aliphatic carboxylic acids is 2. The molecule has 1 fully saturated rings. The Balaban J connectivity index is 2.91. The minimum atomic E-state index is -1.68. The molecule has 1 saturated heterocycles. The maximum Gasteiger partial charge on any atom is 0.326 e. The van der Waals surface area contributed by atoms with Crippen molar-refractivity contribution in [3.8, 4) is 0 Å². The molecule has 0 bridgehead atoms. The lowest BCUT2D eigenvalue weighted by molar-refractivity contribution is -0.147. The highest BCUT2D eigenvalue weighted by Gasteiger charge is 2.36. The largest absolute Gasteiger partial charge is 0.481 e. The van der Waals surface area contributed by atoms with Crippen LogP contribution in [0.1, 0.15) is 32.1 Å². The summed E-state index contributed by atoms with van der Waals surface area (Å²) in [6.07, 6.45) is 0.451. The first-order valence-electron chi connectivity index (χ1n) is 9.67. The number of nitrogens with two attached hydrogens (primary N) is 3. The Morgan fingerprint density at radius 1 is 1.10 bits per heavy atom. The molecular weight excluding hydrogens is 414 g/mol. The van der Waals surface area contributed by atoms with E-state index in [1.165, 1.54) is 4.90 Å². The molecule has 0 spiro atoms. The van der Waals surface area contributed by atoms with Crippen molar-refractivity contribution >= 4 is 35.6 Å². The highest BCUT2D eigenvalue weighted by molar-refractivity contribution is 5.94. The molecule has 14 nitrogen and oxygen atoms in total. The van der Waals surface area contributed by atoms with Crippen LogP contribution in [0.15, 0.2) is 4.99 Å². The Kier molecular flexibility index (Phi) is 10.2. The van der Waals surface area contributed by atoms with Gasteiger partial charge in [-0.15, -0.1) is 0 Å². The zero-order chi connectivity index (χ0) is 23.6. The smallest absolute Gasteiger partial charge is 0.326 e. The highest BCUT2D eigenvalue weighted by atomic mass is 16.4. The first kappa shape index (κ1) is 25.6. The Morgan fingerprint density at radius 3 is 2.32 bits per heavy atom. The van der Waals surface area contributed by atoms with Crippen LogP contribution < -0.4 is 27.8 Å². The van der Waals surface area contributed by atoms with Crippen molar-refractivity contribution in [2.75, 3.05) is 19.6 Å². The van der Waals surface area contributed by atoms with E-state index in [2.05, 4.69) is 15.6 Å². The van der Waals surface area contributed by atoms with Crippen molar-refractivity contribution in [2.45, 2.75) is 50.2 Å². The van der Waals surface area contributed by atoms with E-state index >= 15 is 0 Å². The van der Waals surface area contributed by atoms with Gasteiger partial charge in [0, 0.05) is 13.1 Å². The number of carbonyl (C=O) groups excluding carboxylic acids is 3. The van der Waals surface area contributed by atoms with Crippen molar-refractivity contribution < 1.29 is 34.2 Å².